The molecule has 0 bridgehead atoms. The molecule has 0 aromatic heterocycles. The van der Waals surface area contributed by atoms with Crippen molar-refractivity contribution in [1.29, 1.82) is 0 Å². The lowest BCUT2D eigenvalue weighted by Crippen LogP contribution is -2.22. The van der Waals surface area contributed by atoms with Gasteiger partial charge in [-0.2, -0.15) is 0 Å². The number of rotatable bonds is 8. The molecule has 0 fully saturated rings. The van der Waals surface area contributed by atoms with E-state index in [9.17, 15) is 9.59 Å². The van der Waals surface area contributed by atoms with Crippen molar-refractivity contribution in [2.24, 2.45) is 0 Å². The first-order valence-corrected chi connectivity index (χ1v) is 9.29. The molecule has 0 amide bonds. The number of ether oxygens (including phenoxy) is 2. The number of carbonyl (C=O) groups is 2. The Labute approximate surface area is 200 Å². The van der Waals surface area contributed by atoms with Crippen LogP contribution in [0.1, 0.15) is 31.8 Å². The van der Waals surface area contributed by atoms with Gasteiger partial charge in [-0.05, 0) is 64.6 Å². The molecule has 1 aliphatic rings. The fraction of sp³-hybridized carbons (Fsp3) is 0.364. The predicted octanol–water partition coefficient (Wildman–Crippen LogP) is 1.54. The second-order valence-electron chi connectivity index (χ2n) is 7.38. The Kier molecular flexibility index (Phi) is 14.0. The lowest BCUT2D eigenvalue weighted by Gasteiger charge is -2.20. The number of hydrogen-bond donors (Lipinski definition) is 0. The third-order valence-corrected chi connectivity index (χ3v) is 4.58. The molecular formula is C22H32Cl2N2O6. The summed E-state index contributed by atoms with van der Waals surface area (Å²) >= 11 is 0. The van der Waals surface area contributed by atoms with Gasteiger partial charge in [0.05, 0.1) is 0 Å². The van der Waals surface area contributed by atoms with Gasteiger partial charge in [-0.15, -0.1) is 24.8 Å². The van der Waals surface area contributed by atoms with Crippen molar-refractivity contribution < 1.29 is 30.0 Å². The number of carbonyl (C=O) groups excluding carboxylic acids is 2. The minimum atomic E-state index is -0.164. The van der Waals surface area contributed by atoms with Crippen molar-refractivity contribution in [3.63, 3.8) is 0 Å². The summed E-state index contributed by atoms with van der Waals surface area (Å²) in [7, 11) is 7.86. The third kappa shape index (κ3) is 7.44. The molecule has 180 valence electrons. The summed E-state index contributed by atoms with van der Waals surface area (Å²) in [5, 5.41) is 0. The molecule has 0 unspecified atom stereocenters. The first-order chi connectivity index (χ1) is 13.4. The molecule has 3 rings (SSSR count). The zero-order valence-electron chi connectivity index (χ0n) is 18.6. The van der Waals surface area contributed by atoms with Gasteiger partial charge in [0, 0.05) is 35.3 Å². The quantitative estimate of drug-likeness (QED) is 0.471. The monoisotopic (exact) mass is 490 g/mol. The fourth-order valence-electron chi connectivity index (χ4n) is 2.98. The molecule has 10 heteroatoms. The van der Waals surface area contributed by atoms with Gasteiger partial charge < -0.3 is 30.2 Å². The first kappa shape index (κ1) is 32.0. The van der Waals surface area contributed by atoms with Crippen LogP contribution in [0.25, 0.3) is 0 Å². The van der Waals surface area contributed by atoms with Gasteiger partial charge in [-0.3, -0.25) is 9.59 Å². The predicted molar refractivity (Wildman–Crippen MR) is 130 cm³/mol. The minimum Gasteiger partial charge on any atom is -0.492 e. The number of benzene rings is 2. The summed E-state index contributed by atoms with van der Waals surface area (Å²) in [4.78, 5) is 29.9. The number of fused-ring (bicyclic) bond motifs is 2. The Morgan fingerprint density at radius 3 is 1.28 bits per heavy atom. The third-order valence-electron chi connectivity index (χ3n) is 4.58. The molecule has 2 aromatic carbocycles. The van der Waals surface area contributed by atoms with Crippen molar-refractivity contribution >= 4 is 36.4 Å². The largest absolute Gasteiger partial charge is 0.492 e. The molecular weight excluding hydrogens is 459 g/mol. The Hall–Kier alpha value is -2.20. The van der Waals surface area contributed by atoms with Crippen LogP contribution >= 0.6 is 24.8 Å². The maximum atomic E-state index is 12.9. The summed E-state index contributed by atoms with van der Waals surface area (Å²) in [6.07, 6.45) is 0. The second-order valence-corrected chi connectivity index (χ2v) is 7.38. The van der Waals surface area contributed by atoms with E-state index in [1.807, 2.05) is 38.0 Å². The average Bonchev–Trinajstić information content (AvgIpc) is 2.65. The van der Waals surface area contributed by atoms with Crippen LogP contribution in [0.2, 0.25) is 0 Å². The van der Waals surface area contributed by atoms with Gasteiger partial charge in [0.2, 0.25) is 0 Å². The first-order valence-electron chi connectivity index (χ1n) is 9.29. The molecule has 2 aromatic rings. The lowest BCUT2D eigenvalue weighted by molar-refractivity contribution is 0.0978. The molecule has 4 N–H and O–H groups in total. The highest BCUT2D eigenvalue weighted by molar-refractivity contribution is 6.28. The maximum Gasteiger partial charge on any atom is 0.194 e. The standard InChI is InChI=1S/C22H26N2O4.2ClH.2H2O/c1-23(2)9-11-27-15-5-7-17-19(13-15)21(25)18-8-6-16(14-20(18)22(17)26)28-12-10-24(3)4;;;;/h5-8,13-14H,9-12H2,1-4H3;2*1H;2*1H2. The van der Waals surface area contributed by atoms with Crippen molar-refractivity contribution in [2.75, 3.05) is 54.5 Å². The number of likely N-dealkylation sites (N-methyl/N-ethyl adjacent to an activating group) is 2. The Balaban J connectivity index is 0. The van der Waals surface area contributed by atoms with Crippen LogP contribution in [0.4, 0.5) is 0 Å². The molecule has 0 radical (unpaired) electrons. The Bertz CT molecular complexity index is 832. The van der Waals surface area contributed by atoms with Crippen LogP contribution in [-0.2, 0) is 0 Å². The maximum absolute atomic E-state index is 12.9. The van der Waals surface area contributed by atoms with E-state index in [0.717, 1.165) is 13.1 Å². The smallest absolute Gasteiger partial charge is 0.194 e. The van der Waals surface area contributed by atoms with Gasteiger partial charge >= 0.3 is 0 Å². The summed E-state index contributed by atoms with van der Waals surface area (Å²) in [6.45, 7) is 2.56. The van der Waals surface area contributed by atoms with E-state index in [-0.39, 0.29) is 47.3 Å². The molecule has 1 aliphatic carbocycles. The highest BCUT2D eigenvalue weighted by Gasteiger charge is 2.30. The van der Waals surface area contributed by atoms with E-state index in [1.165, 1.54) is 0 Å². The minimum absolute atomic E-state index is 0. The van der Waals surface area contributed by atoms with Crippen LogP contribution in [0.3, 0.4) is 0 Å². The fourth-order valence-corrected chi connectivity index (χ4v) is 2.98. The summed E-state index contributed by atoms with van der Waals surface area (Å²) < 4.78 is 11.4. The molecule has 0 atom stereocenters. The number of ketones is 2. The van der Waals surface area contributed by atoms with Gasteiger partial charge in [0.25, 0.3) is 0 Å². The normalized spacial score (nSPS) is 11.3. The summed E-state index contributed by atoms with van der Waals surface area (Å²) in [5.74, 6) is 0.854. The lowest BCUT2D eigenvalue weighted by atomic mass is 9.84. The molecule has 8 nitrogen and oxygen atoms in total. The van der Waals surface area contributed by atoms with E-state index in [1.54, 1.807) is 36.4 Å². The van der Waals surface area contributed by atoms with Gasteiger partial charge in [0.1, 0.15) is 24.7 Å². The molecule has 32 heavy (non-hydrogen) atoms. The van der Waals surface area contributed by atoms with Gasteiger partial charge in [0.15, 0.2) is 11.6 Å². The van der Waals surface area contributed by atoms with Crippen molar-refractivity contribution in [3.05, 3.63) is 58.7 Å². The van der Waals surface area contributed by atoms with Crippen molar-refractivity contribution in [2.45, 2.75) is 0 Å². The van der Waals surface area contributed by atoms with E-state index in [4.69, 9.17) is 9.47 Å². The highest BCUT2D eigenvalue weighted by atomic mass is 35.5. The molecule has 0 spiro atoms. The van der Waals surface area contributed by atoms with Crippen LogP contribution < -0.4 is 9.47 Å². The Morgan fingerprint density at radius 1 is 0.625 bits per heavy atom. The number of halogens is 2. The number of hydrogen-bond acceptors (Lipinski definition) is 6. The molecule has 0 aliphatic heterocycles. The topological polar surface area (TPSA) is 122 Å². The van der Waals surface area contributed by atoms with E-state index in [0.29, 0.717) is 47.0 Å². The molecule has 0 heterocycles. The zero-order chi connectivity index (χ0) is 20.3. The molecule has 0 saturated heterocycles. The van der Waals surface area contributed by atoms with Crippen molar-refractivity contribution in [1.82, 2.24) is 9.80 Å². The molecule has 0 saturated carbocycles. The van der Waals surface area contributed by atoms with E-state index < -0.39 is 0 Å². The highest BCUT2D eigenvalue weighted by Crippen LogP contribution is 2.32. The van der Waals surface area contributed by atoms with Crippen LogP contribution in [0.15, 0.2) is 36.4 Å². The second kappa shape index (κ2) is 14.1. The SMILES string of the molecule is CN(C)CCOc1ccc2c(c1)C(=O)c1ccc(OCCN(C)C)cc1C2=O.Cl.Cl.O.O. The van der Waals surface area contributed by atoms with Crippen LogP contribution in [0, 0.1) is 0 Å². The zero-order valence-corrected chi connectivity index (χ0v) is 20.3. The van der Waals surface area contributed by atoms with Gasteiger partial charge in [-0.1, -0.05) is 0 Å². The van der Waals surface area contributed by atoms with Crippen molar-refractivity contribution in [3.8, 4) is 11.5 Å². The summed E-state index contributed by atoms with van der Waals surface area (Å²) in [6, 6.07) is 10.1. The van der Waals surface area contributed by atoms with Crippen LogP contribution in [-0.4, -0.2) is 86.8 Å². The summed E-state index contributed by atoms with van der Waals surface area (Å²) in [5.41, 5.74) is 1.59. The number of nitrogens with zero attached hydrogens (tertiary/aromatic N) is 2. The Morgan fingerprint density at radius 2 is 0.969 bits per heavy atom. The van der Waals surface area contributed by atoms with Gasteiger partial charge in [-0.25, -0.2) is 0 Å². The van der Waals surface area contributed by atoms with E-state index in [2.05, 4.69) is 0 Å². The average molecular weight is 491 g/mol. The van der Waals surface area contributed by atoms with Crippen LogP contribution in [0.5, 0.6) is 11.5 Å². The van der Waals surface area contributed by atoms with E-state index >= 15 is 0 Å².